The van der Waals surface area contributed by atoms with Gasteiger partial charge in [-0.3, -0.25) is 4.79 Å². The molecule has 0 aliphatic carbocycles. The van der Waals surface area contributed by atoms with Crippen LogP contribution in [0.25, 0.3) is 10.4 Å². The third kappa shape index (κ3) is 7.57. The van der Waals surface area contributed by atoms with E-state index in [9.17, 15) is 19.5 Å². The lowest BCUT2D eigenvalue weighted by atomic mass is 10.1. The second-order valence-corrected chi connectivity index (χ2v) is 8.45. The number of thiophene rings is 1. The van der Waals surface area contributed by atoms with Crippen LogP contribution in [0.5, 0.6) is 0 Å². The highest BCUT2D eigenvalue weighted by atomic mass is 32.1. The van der Waals surface area contributed by atoms with Crippen LogP contribution >= 0.6 is 11.3 Å². The average molecular weight is 496 g/mol. The monoisotopic (exact) mass is 495 g/mol. The molecule has 2 amide bonds. The van der Waals surface area contributed by atoms with E-state index in [2.05, 4.69) is 15.6 Å². The molecule has 0 bridgehead atoms. The Kier molecular flexibility index (Phi) is 8.79. The molecule has 1 heterocycles. The highest BCUT2D eigenvalue weighted by Crippen LogP contribution is 2.31. The van der Waals surface area contributed by atoms with E-state index in [4.69, 9.17) is 16.2 Å². The van der Waals surface area contributed by atoms with E-state index in [1.165, 1.54) is 11.3 Å². The number of hydrogen-bond donors (Lipinski definition) is 5. The fraction of sp³-hybridized carbons (Fsp3) is 0.167. The van der Waals surface area contributed by atoms with Crippen molar-refractivity contribution in [1.82, 2.24) is 10.6 Å². The van der Waals surface area contributed by atoms with Crippen molar-refractivity contribution < 1.29 is 24.2 Å². The molecule has 1 atom stereocenters. The molecule has 0 aliphatic rings. The first-order chi connectivity index (χ1) is 16.8. The number of carbonyl (C=O) groups excluding carboxylic acids is 2. The number of nitrogens with zero attached hydrogens (tertiary/aromatic N) is 1. The molecule has 3 rings (SSSR count). The Morgan fingerprint density at radius 3 is 2.43 bits per heavy atom. The van der Waals surface area contributed by atoms with Crippen molar-refractivity contribution in [3.63, 3.8) is 0 Å². The van der Waals surface area contributed by atoms with Gasteiger partial charge in [0.2, 0.25) is 0 Å². The lowest BCUT2D eigenvalue weighted by Crippen LogP contribution is -2.48. The van der Waals surface area contributed by atoms with E-state index in [0.717, 1.165) is 21.6 Å². The lowest BCUT2D eigenvalue weighted by Gasteiger charge is -2.15. The van der Waals surface area contributed by atoms with Gasteiger partial charge in [-0.1, -0.05) is 54.6 Å². The van der Waals surface area contributed by atoms with Crippen molar-refractivity contribution in [3.8, 4) is 10.4 Å². The molecular formula is C24H25N5O5S. The molecular weight excluding hydrogens is 470 g/mol. The fourth-order valence-electron chi connectivity index (χ4n) is 3.07. The number of benzene rings is 2. The number of amides is 2. The van der Waals surface area contributed by atoms with Gasteiger partial charge < -0.3 is 31.9 Å². The van der Waals surface area contributed by atoms with Crippen molar-refractivity contribution in [2.45, 2.75) is 19.2 Å². The lowest BCUT2D eigenvalue weighted by molar-refractivity contribution is -0.139. The number of guanidine groups is 1. The summed E-state index contributed by atoms with van der Waals surface area (Å²) in [6.45, 7) is -0.0266. The number of carbonyl (C=O) groups is 3. The second-order valence-electron chi connectivity index (χ2n) is 7.37. The molecule has 35 heavy (non-hydrogen) atoms. The van der Waals surface area contributed by atoms with Crippen LogP contribution < -0.4 is 22.1 Å². The largest absolute Gasteiger partial charge is 0.480 e. The Hall–Kier alpha value is -4.38. The van der Waals surface area contributed by atoms with Gasteiger partial charge in [0.05, 0.1) is 11.4 Å². The average Bonchev–Trinajstić information content (AvgIpc) is 3.35. The minimum atomic E-state index is -1.36. The number of carboxylic acids is 1. The zero-order valence-electron chi connectivity index (χ0n) is 18.6. The van der Waals surface area contributed by atoms with E-state index >= 15 is 0 Å². The topological polar surface area (TPSA) is 169 Å². The number of hydrogen-bond acceptors (Lipinski definition) is 6. The molecule has 10 nitrogen and oxygen atoms in total. The molecule has 0 aliphatic heterocycles. The maximum Gasteiger partial charge on any atom is 0.408 e. The smallest absolute Gasteiger partial charge is 0.408 e. The maximum atomic E-state index is 12.6. The van der Waals surface area contributed by atoms with Crippen molar-refractivity contribution in [2.75, 3.05) is 6.54 Å². The Labute approximate surface area is 205 Å². The molecule has 0 saturated carbocycles. The fourth-order valence-corrected chi connectivity index (χ4v) is 4.05. The van der Waals surface area contributed by atoms with E-state index in [-0.39, 0.29) is 19.1 Å². The van der Waals surface area contributed by atoms with Crippen LogP contribution in [0.3, 0.4) is 0 Å². The molecule has 0 radical (unpaired) electrons. The van der Waals surface area contributed by atoms with Crippen LogP contribution in [0, 0.1) is 0 Å². The summed E-state index contributed by atoms with van der Waals surface area (Å²) < 4.78 is 5.05. The van der Waals surface area contributed by atoms with Crippen LogP contribution in [0.2, 0.25) is 0 Å². The first-order valence-electron chi connectivity index (χ1n) is 10.5. The Morgan fingerprint density at radius 1 is 1.00 bits per heavy atom. The van der Waals surface area contributed by atoms with Crippen molar-refractivity contribution in [2.24, 2.45) is 16.5 Å². The zero-order chi connectivity index (χ0) is 25.2. The minimum absolute atomic E-state index is 0.00595. The Balaban J connectivity index is 1.58. The minimum Gasteiger partial charge on any atom is -0.480 e. The number of nitrogens with one attached hydrogen (secondary N) is 2. The molecule has 0 spiro atoms. The Morgan fingerprint density at radius 2 is 1.71 bits per heavy atom. The number of nitrogens with two attached hydrogens (primary N) is 2. The van der Waals surface area contributed by atoms with E-state index in [1.54, 1.807) is 36.4 Å². The molecule has 182 valence electrons. The van der Waals surface area contributed by atoms with E-state index < -0.39 is 24.0 Å². The summed E-state index contributed by atoms with van der Waals surface area (Å²) in [5.74, 6) is -1.78. The number of alkyl carbamates (subject to hydrolysis) is 1. The first-order valence-corrected chi connectivity index (χ1v) is 11.4. The van der Waals surface area contributed by atoms with Crippen molar-refractivity contribution in [1.29, 1.82) is 0 Å². The zero-order valence-corrected chi connectivity index (χ0v) is 19.5. The standard InChI is InChI=1S/C24H25N5O5S/c25-23(26)28-12-16-8-4-5-9-17(16)19-10-11-20(35-19)21(30)27-13-18(22(31)32)29-24(33)34-14-15-6-2-1-3-7-15/h1-11,18H,12-14H2,(H,27,30)(H,29,33)(H,31,32)(H4,25,26,28). The summed E-state index contributed by atoms with van der Waals surface area (Å²) in [4.78, 5) is 41.4. The number of ether oxygens (including phenoxy) is 1. The van der Waals surface area contributed by atoms with Crippen LogP contribution in [-0.4, -0.2) is 41.6 Å². The van der Waals surface area contributed by atoms with Gasteiger partial charge in [-0.25, -0.2) is 14.6 Å². The molecule has 11 heteroatoms. The molecule has 3 aromatic rings. The molecule has 1 unspecified atom stereocenters. The number of aliphatic imine (C=N–C) groups is 1. The van der Waals surface area contributed by atoms with Gasteiger partial charge in [0.1, 0.15) is 12.6 Å². The molecule has 0 saturated heterocycles. The highest BCUT2D eigenvalue weighted by Gasteiger charge is 2.22. The van der Waals surface area contributed by atoms with Gasteiger partial charge >= 0.3 is 12.1 Å². The summed E-state index contributed by atoms with van der Waals surface area (Å²) in [6.07, 6.45) is -0.897. The summed E-state index contributed by atoms with van der Waals surface area (Å²) in [6, 6.07) is 18.6. The van der Waals surface area contributed by atoms with Gasteiger partial charge in [0.15, 0.2) is 5.96 Å². The van der Waals surface area contributed by atoms with E-state index in [1.807, 2.05) is 30.3 Å². The normalized spacial score (nSPS) is 11.2. The van der Waals surface area contributed by atoms with Gasteiger partial charge in [0, 0.05) is 11.4 Å². The number of aliphatic carboxylic acids is 1. The third-order valence-corrected chi connectivity index (χ3v) is 5.93. The number of rotatable bonds is 10. The molecule has 0 fully saturated rings. The van der Waals surface area contributed by atoms with Crippen molar-refractivity contribution >= 4 is 35.3 Å². The predicted octanol–water partition coefficient (Wildman–Crippen LogP) is 2.30. The van der Waals surface area contributed by atoms with Crippen LogP contribution in [0.15, 0.2) is 71.7 Å². The number of carboxylic acid groups (broad SMARTS) is 1. The Bertz CT molecular complexity index is 1210. The summed E-state index contributed by atoms with van der Waals surface area (Å²) in [5, 5.41) is 14.2. The van der Waals surface area contributed by atoms with Gasteiger partial charge in [-0.15, -0.1) is 11.3 Å². The molecule has 2 aromatic carbocycles. The van der Waals surface area contributed by atoms with Gasteiger partial charge in [-0.2, -0.15) is 0 Å². The van der Waals surface area contributed by atoms with Crippen LogP contribution in [-0.2, 0) is 22.7 Å². The van der Waals surface area contributed by atoms with Gasteiger partial charge in [0.25, 0.3) is 5.91 Å². The molecule has 1 aromatic heterocycles. The maximum absolute atomic E-state index is 12.6. The summed E-state index contributed by atoms with van der Waals surface area (Å²) in [5.41, 5.74) is 13.4. The summed E-state index contributed by atoms with van der Waals surface area (Å²) >= 11 is 1.24. The van der Waals surface area contributed by atoms with Crippen LogP contribution in [0.4, 0.5) is 4.79 Å². The molecule has 7 N–H and O–H groups in total. The highest BCUT2D eigenvalue weighted by molar-refractivity contribution is 7.17. The van der Waals surface area contributed by atoms with Crippen LogP contribution in [0.1, 0.15) is 20.8 Å². The van der Waals surface area contributed by atoms with E-state index in [0.29, 0.717) is 11.4 Å². The third-order valence-electron chi connectivity index (χ3n) is 4.81. The van der Waals surface area contributed by atoms with Gasteiger partial charge in [-0.05, 0) is 28.8 Å². The predicted molar refractivity (Wildman–Crippen MR) is 133 cm³/mol. The summed E-state index contributed by atoms with van der Waals surface area (Å²) in [7, 11) is 0. The second kappa shape index (κ2) is 12.2. The quantitative estimate of drug-likeness (QED) is 0.212. The first kappa shape index (κ1) is 25.2. The van der Waals surface area contributed by atoms with Crippen molar-refractivity contribution in [3.05, 3.63) is 82.7 Å². The SMILES string of the molecule is NC(N)=NCc1ccccc1-c1ccc(C(=O)NCC(NC(=O)OCc2ccccc2)C(=O)O)s1.